The van der Waals surface area contributed by atoms with Gasteiger partial charge in [-0.15, -0.1) is 11.3 Å². The highest BCUT2D eigenvalue weighted by Gasteiger charge is 2.38. The van der Waals surface area contributed by atoms with Crippen molar-refractivity contribution in [2.75, 3.05) is 9.80 Å². The number of fused-ring (bicyclic) bond motifs is 3. The number of imide groups is 2. The van der Waals surface area contributed by atoms with Crippen LogP contribution in [0.2, 0.25) is 0 Å². The number of rotatable bonds is 9. The zero-order valence-electron chi connectivity index (χ0n) is 30.8. The molecule has 0 N–H and O–H groups in total. The number of nitrogens with zero attached hydrogens (tertiary/aromatic N) is 9. The van der Waals surface area contributed by atoms with Crippen molar-refractivity contribution < 1.29 is 38.2 Å². The largest absolute Gasteiger partial charge is 0.457 e. The zero-order chi connectivity index (χ0) is 42.4. The Morgan fingerprint density at radius 2 is 1.00 bits per heavy atom. The van der Waals surface area contributed by atoms with Gasteiger partial charge >= 0.3 is 0 Å². The standard InChI is InChI=1S/C43H21N9O8S/c44-49-47-37(53)22-5-15-31-33(19-22)42(57)51(40(31)55)25-7-11-27(12-8-25)59-29-17-24(39-46-35-3-1-2-4-36(35)61-39)18-30(21-29)60-28-13-9-26(10-14-28)52-41(56)32-16-6-23(38(54)48-50-45)20-34(32)43(52)58/h1-21H. The molecule has 6 aromatic carbocycles. The molecule has 0 spiro atoms. The second kappa shape index (κ2) is 15.1. The number of anilines is 2. The summed E-state index contributed by atoms with van der Waals surface area (Å²) < 4.78 is 13.5. The summed E-state index contributed by atoms with van der Waals surface area (Å²) in [5, 5.41) is 6.79. The van der Waals surface area contributed by atoms with Gasteiger partial charge in [-0.05, 0) is 118 Å². The lowest BCUT2D eigenvalue weighted by atomic mass is 10.1. The number of amides is 6. The van der Waals surface area contributed by atoms with E-state index < -0.39 is 35.4 Å². The predicted molar refractivity (Wildman–Crippen MR) is 220 cm³/mol. The molecule has 61 heavy (non-hydrogen) atoms. The average Bonchev–Trinajstić information content (AvgIpc) is 3.90. The number of ether oxygens (including phenoxy) is 2. The Hall–Kier alpha value is -8.95. The Bertz CT molecular complexity index is 2980. The second-order valence-electron chi connectivity index (χ2n) is 13.3. The first-order chi connectivity index (χ1) is 29.6. The van der Waals surface area contributed by atoms with Crippen LogP contribution in [0.4, 0.5) is 11.4 Å². The first-order valence-corrected chi connectivity index (χ1v) is 18.7. The van der Waals surface area contributed by atoms with Crippen molar-refractivity contribution in [1.29, 1.82) is 0 Å². The lowest BCUT2D eigenvalue weighted by Crippen LogP contribution is -2.29. The number of carbonyl (C=O) groups is 6. The van der Waals surface area contributed by atoms with Crippen molar-refractivity contribution in [3.63, 3.8) is 0 Å². The van der Waals surface area contributed by atoms with Crippen molar-refractivity contribution in [3.05, 3.63) is 182 Å². The van der Waals surface area contributed by atoms with Crippen LogP contribution in [0.25, 0.3) is 41.7 Å². The van der Waals surface area contributed by atoms with E-state index in [1.807, 2.05) is 24.3 Å². The maximum absolute atomic E-state index is 13.3. The molecule has 3 heterocycles. The third-order valence-electron chi connectivity index (χ3n) is 9.62. The molecule has 0 radical (unpaired) electrons. The molecular formula is C43H21N9O8S. The Balaban J connectivity index is 0.972. The van der Waals surface area contributed by atoms with Crippen LogP contribution in [0.3, 0.4) is 0 Å². The van der Waals surface area contributed by atoms with Crippen LogP contribution in [0.15, 0.2) is 138 Å². The number of hydrogen-bond acceptors (Lipinski definition) is 10. The van der Waals surface area contributed by atoms with E-state index in [2.05, 4.69) is 20.1 Å². The molecule has 2 aliphatic rings. The molecule has 9 rings (SSSR count). The summed E-state index contributed by atoms with van der Waals surface area (Å²) in [6, 6.07) is 33.1. The molecule has 17 nitrogen and oxygen atoms in total. The molecule has 6 amide bonds. The average molecular weight is 824 g/mol. The SMILES string of the molecule is [N-]=[N+]=NC(=O)c1ccc2c(c1)C(=O)N(c1ccc(Oc3cc(Oc4ccc(N5C(=O)c6ccc(C(=O)N=[N+]=[N-])cc6C5=O)cc4)cc(-c4nc5ccccc5s4)c3)cc1)C2=O. The van der Waals surface area contributed by atoms with Crippen LogP contribution < -0.4 is 19.3 Å². The van der Waals surface area contributed by atoms with Gasteiger partial charge in [0.05, 0.1) is 43.8 Å². The van der Waals surface area contributed by atoms with Crippen molar-refractivity contribution >= 4 is 68.4 Å². The summed E-state index contributed by atoms with van der Waals surface area (Å²) in [6.07, 6.45) is 0. The van der Waals surface area contributed by atoms with Gasteiger partial charge in [0.15, 0.2) is 0 Å². The third kappa shape index (κ3) is 6.84. The topological polar surface area (TPSA) is 238 Å². The number of carbonyl (C=O) groups excluding carboxylic acids is 6. The predicted octanol–water partition coefficient (Wildman–Crippen LogP) is 10.1. The van der Waals surface area contributed by atoms with Gasteiger partial charge in [0.2, 0.25) is 11.8 Å². The molecule has 7 aromatic rings. The van der Waals surface area contributed by atoms with Crippen molar-refractivity contribution in [1.82, 2.24) is 4.98 Å². The number of azide groups is 2. The summed E-state index contributed by atoms with van der Waals surface area (Å²) in [6.45, 7) is 0. The number of benzene rings is 6. The van der Waals surface area contributed by atoms with E-state index in [-0.39, 0.29) is 44.8 Å². The molecule has 2 aliphatic heterocycles. The molecule has 0 saturated carbocycles. The van der Waals surface area contributed by atoms with Crippen LogP contribution in [0.1, 0.15) is 62.1 Å². The summed E-state index contributed by atoms with van der Waals surface area (Å²) in [7, 11) is 0. The molecule has 18 heteroatoms. The number of para-hydroxylation sites is 1. The molecule has 0 aliphatic carbocycles. The van der Waals surface area contributed by atoms with Gasteiger partial charge in [0, 0.05) is 32.6 Å². The van der Waals surface area contributed by atoms with Gasteiger partial charge in [-0.3, -0.25) is 28.8 Å². The number of hydrogen-bond donors (Lipinski definition) is 0. The van der Waals surface area contributed by atoms with E-state index in [1.54, 1.807) is 42.5 Å². The van der Waals surface area contributed by atoms with Crippen LogP contribution >= 0.6 is 11.3 Å². The lowest BCUT2D eigenvalue weighted by Gasteiger charge is -2.16. The minimum absolute atomic E-state index is 0.000964. The van der Waals surface area contributed by atoms with Crippen molar-refractivity contribution in [2.24, 2.45) is 10.2 Å². The van der Waals surface area contributed by atoms with Crippen LogP contribution in [0.5, 0.6) is 23.0 Å². The van der Waals surface area contributed by atoms with Crippen LogP contribution in [-0.4, -0.2) is 40.4 Å². The summed E-state index contributed by atoms with van der Waals surface area (Å²) in [5.74, 6) is -2.82. The second-order valence-corrected chi connectivity index (χ2v) is 14.3. The minimum atomic E-state index is -0.884. The van der Waals surface area contributed by atoms with Gasteiger partial charge in [0.1, 0.15) is 28.0 Å². The Morgan fingerprint density at radius 3 is 1.46 bits per heavy atom. The number of thiazole rings is 1. The molecule has 0 saturated heterocycles. The first kappa shape index (κ1) is 37.6. The molecule has 0 bridgehead atoms. The quantitative estimate of drug-likeness (QED) is 0.0581. The van der Waals surface area contributed by atoms with Gasteiger partial charge in [0.25, 0.3) is 23.6 Å². The normalized spacial score (nSPS) is 12.8. The lowest BCUT2D eigenvalue weighted by molar-refractivity contribution is 0.0910. The van der Waals surface area contributed by atoms with E-state index in [0.717, 1.165) is 20.0 Å². The Morgan fingerprint density at radius 1 is 0.541 bits per heavy atom. The Kier molecular flexibility index (Phi) is 9.31. The maximum atomic E-state index is 13.3. The van der Waals surface area contributed by atoms with E-state index in [0.29, 0.717) is 33.6 Å². The van der Waals surface area contributed by atoms with E-state index in [1.165, 1.54) is 72.0 Å². The summed E-state index contributed by atoms with van der Waals surface area (Å²) >= 11 is 1.47. The molecule has 0 unspecified atom stereocenters. The molecular weight excluding hydrogens is 803 g/mol. The van der Waals surface area contributed by atoms with Gasteiger partial charge in [-0.1, -0.05) is 24.3 Å². The van der Waals surface area contributed by atoms with Crippen LogP contribution in [0, 0.1) is 0 Å². The van der Waals surface area contributed by atoms with E-state index in [4.69, 9.17) is 25.5 Å². The van der Waals surface area contributed by atoms with Gasteiger partial charge < -0.3 is 9.47 Å². The van der Waals surface area contributed by atoms with Crippen molar-refractivity contribution in [3.8, 4) is 33.6 Å². The molecule has 0 fully saturated rings. The minimum Gasteiger partial charge on any atom is -0.457 e. The fraction of sp³-hybridized carbons (Fsp3) is 0. The monoisotopic (exact) mass is 823 g/mol. The van der Waals surface area contributed by atoms with E-state index in [9.17, 15) is 28.8 Å². The highest BCUT2D eigenvalue weighted by atomic mass is 32.1. The number of aromatic nitrogens is 1. The van der Waals surface area contributed by atoms with Gasteiger partial charge in [-0.2, -0.15) is 0 Å². The smallest absolute Gasteiger partial charge is 0.266 e. The molecule has 292 valence electrons. The maximum Gasteiger partial charge on any atom is 0.266 e. The fourth-order valence-corrected chi connectivity index (χ4v) is 7.77. The Labute approximate surface area is 345 Å². The first-order valence-electron chi connectivity index (χ1n) is 17.9. The summed E-state index contributed by atoms with van der Waals surface area (Å²) in [5.41, 5.74) is 19.4. The van der Waals surface area contributed by atoms with E-state index >= 15 is 0 Å². The highest BCUT2D eigenvalue weighted by molar-refractivity contribution is 7.21. The molecule has 1 aromatic heterocycles. The van der Waals surface area contributed by atoms with Crippen LogP contribution in [-0.2, 0) is 0 Å². The summed E-state index contributed by atoms with van der Waals surface area (Å²) in [4.78, 5) is 89.1. The molecule has 0 atom stereocenters. The van der Waals surface area contributed by atoms with Gasteiger partial charge in [-0.25, -0.2) is 14.8 Å². The highest BCUT2D eigenvalue weighted by Crippen LogP contribution is 2.39. The zero-order valence-corrected chi connectivity index (χ0v) is 31.6. The third-order valence-corrected chi connectivity index (χ3v) is 10.7. The van der Waals surface area contributed by atoms with Crippen molar-refractivity contribution in [2.45, 2.75) is 0 Å². The fourth-order valence-electron chi connectivity index (χ4n) is 6.82.